The van der Waals surface area contributed by atoms with Crippen LogP contribution >= 0.6 is 15.9 Å². The third-order valence-electron chi connectivity index (χ3n) is 2.50. The number of carbonyl (C=O) groups excluding carboxylic acids is 1. The minimum atomic E-state index is -0.282. The summed E-state index contributed by atoms with van der Waals surface area (Å²) in [6, 6.07) is 5.77. The molecule has 2 N–H and O–H groups in total. The van der Waals surface area contributed by atoms with E-state index in [9.17, 15) is 4.79 Å². The molecule has 2 nitrogen and oxygen atoms in total. The third kappa shape index (κ3) is 4.06. The van der Waals surface area contributed by atoms with Crippen molar-refractivity contribution in [2.24, 2.45) is 5.73 Å². The van der Waals surface area contributed by atoms with E-state index in [2.05, 4.69) is 15.9 Å². The van der Waals surface area contributed by atoms with Gasteiger partial charge in [-0.05, 0) is 44.9 Å². The highest BCUT2D eigenvalue weighted by atomic mass is 79.9. The maximum Gasteiger partial charge on any atom is 0.163 e. The molecule has 0 unspecified atom stereocenters. The first kappa shape index (κ1) is 13.4. The van der Waals surface area contributed by atoms with Crippen LogP contribution in [0.25, 0.3) is 0 Å². The van der Waals surface area contributed by atoms with Gasteiger partial charge in [-0.3, -0.25) is 4.79 Å². The van der Waals surface area contributed by atoms with Crippen molar-refractivity contribution in [3.8, 4) is 0 Å². The van der Waals surface area contributed by atoms with Gasteiger partial charge in [0.25, 0.3) is 0 Å². The Kier molecular flexibility index (Phi) is 4.28. The van der Waals surface area contributed by atoms with Crippen molar-refractivity contribution in [1.29, 1.82) is 0 Å². The molecule has 0 aromatic heterocycles. The topological polar surface area (TPSA) is 43.1 Å². The maximum absolute atomic E-state index is 12.0. The van der Waals surface area contributed by atoms with Gasteiger partial charge in [0.2, 0.25) is 0 Å². The van der Waals surface area contributed by atoms with Crippen LogP contribution in [0.2, 0.25) is 0 Å². The first-order valence-electron chi connectivity index (χ1n) is 5.38. The number of hydrogen-bond donors (Lipinski definition) is 1. The lowest BCUT2D eigenvalue weighted by Gasteiger charge is -2.17. The molecule has 0 radical (unpaired) electrons. The van der Waals surface area contributed by atoms with Crippen LogP contribution in [-0.2, 0) is 0 Å². The van der Waals surface area contributed by atoms with Gasteiger partial charge in [-0.15, -0.1) is 0 Å². The van der Waals surface area contributed by atoms with Gasteiger partial charge < -0.3 is 5.73 Å². The largest absolute Gasteiger partial charge is 0.326 e. The van der Waals surface area contributed by atoms with Gasteiger partial charge in [0.05, 0.1) is 0 Å². The minimum Gasteiger partial charge on any atom is -0.326 e. The van der Waals surface area contributed by atoms with E-state index in [-0.39, 0.29) is 11.3 Å². The fourth-order valence-electron chi connectivity index (χ4n) is 1.47. The summed E-state index contributed by atoms with van der Waals surface area (Å²) in [6.07, 6.45) is 1.21. The number of benzene rings is 1. The summed E-state index contributed by atoms with van der Waals surface area (Å²) >= 11 is 3.38. The van der Waals surface area contributed by atoms with Crippen molar-refractivity contribution in [2.45, 2.75) is 39.2 Å². The molecule has 0 aliphatic carbocycles. The summed E-state index contributed by atoms with van der Waals surface area (Å²) in [5, 5.41) is 0. The molecule has 0 bridgehead atoms. The lowest BCUT2D eigenvalue weighted by molar-refractivity contribution is 0.0972. The molecule has 0 spiro atoms. The number of nitrogens with two attached hydrogens (primary N) is 1. The quantitative estimate of drug-likeness (QED) is 0.860. The first-order chi connectivity index (χ1) is 7.29. The van der Waals surface area contributed by atoms with E-state index >= 15 is 0 Å². The maximum atomic E-state index is 12.0. The number of aryl methyl sites for hydroxylation is 1. The van der Waals surface area contributed by atoms with Crippen LogP contribution in [0, 0.1) is 6.92 Å². The van der Waals surface area contributed by atoms with Gasteiger partial charge in [-0.2, -0.15) is 0 Å². The summed E-state index contributed by atoms with van der Waals surface area (Å²) in [5.41, 5.74) is 7.39. The van der Waals surface area contributed by atoms with E-state index in [1.54, 1.807) is 0 Å². The van der Waals surface area contributed by atoms with Gasteiger partial charge in [-0.1, -0.05) is 22.0 Å². The summed E-state index contributed by atoms with van der Waals surface area (Å²) < 4.78 is 0.938. The lowest BCUT2D eigenvalue weighted by atomic mass is 9.94. The van der Waals surface area contributed by atoms with Crippen molar-refractivity contribution in [2.75, 3.05) is 0 Å². The molecule has 1 aromatic rings. The number of hydrogen-bond acceptors (Lipinski definition) is 2. The highest BCUT2D eigenvalue weighted by Gasteiger charge is 2.15. The molecule has 88 valence electrons. The second-order valence-electron chi connectivity index (χ2n) is 4.87. The van der Waals surface area contributed by atoms with Crippen molar-refractivity contribution >= 4 is 21.7 Å². The van der Waals surface area contributed by atoms with E-state index in [4.69, 9.17) is 5.73 Å². The fourth-order valence-corrected chi connectivity index (χ4v) is 1.83. The third-order valence-corrected chi connectivity index (χ3v) is 2.99. The highest BCUT2D eigenvalue weighted by Crippen LogP contribution is 2.19. The second-order valence-corrected chi connectivity index (χ2v) is 5.79. The Morgan fingerprint density at radius 1 is 1.44 bits per heavy atom. The molecule has 0 saturated heterocycles. The molecular formula is C13H18BrNO. The molecule has 1 rings (SSSR count). The Morgan fingerprint density at radius 2 is 2.06 bits per heavy atom. The van der Waals surface area contributed by atoms with Crippen molar-refractivity contribution in [3.05, 3.63) is 33.8 Å². The van der Waals surface area contributed by atoms with Crippen LogP contribution in [0.5, 0.6) is 0 Å². The van der Waals surface area contributed by atoms with Gasteiger partial charge in [0.1, 0.15) is 0 Å². The van der Waals surface area contributed by atoms with E-state index in [1.807, 2.05) is 39.0 Å². The summed E-state index contributed by atoms with van der Waals surface area (Å²) in [5.74, 6) is 0.164. The molecule has 0 fully saturated rings. The normalized spacial score (nSPS) is 11.6. The van der Waals surface area contributed by atoms with Gasteiger partial charge in [0, 0.05) is 22.0 Å². The average molecular weight is 284 g/mol. The van der Waals surface area contributed by atoms with E-state index in [1.165, 1.54) is 0 Å². The zero-order valence-corrected chi connectivity index (χ0v) is 11.6. The molecule has 1 aromatic carbocycles. The Bertz CT molecular complexity index is 393. The van der Waals surface area contributed by atoms with Gasteiger partial charge >= 0.3 is 0 Å². The van der Waals surface area contributed by atoms with Crippen LogP contribution < -0.4 is 5.73 Å². The predicted molar refractivity (Wildman–Crippen MR) is 70.7 cm³/mol. The Labute approximate surface area is 105 Å². The number of Topliss-reactive ketones (excluding diaryl/α,β-unsaturated/α-hetero) is 1. The van der Waals surface area contributed by atoms with Crippen LogP contribution in [-0.4, -0.2) is 11.3 Å². The van der Waals surface area contributed by atoms with Crippen molar-refractivity contribution < 1.29 is 4.79 Å². The van der Waals surface area contributed by atoms with Crippen LogP contribution in [0.1, 0.15) is 42.6 Å². The monoisotopic (exact) mass is 283 g/mol. The van der Waals surface area contributed by atoms with Crippen LogP contribution in [0.4, 0.5) is 0 Å². The molecule has 3 heteroatoms. The van der Waals surface area contributed by atoms with Crippen LogP contribution in [0.3, 0.4) is 0 Å². The fraction of sp³-hybridized carbons (Fsp3) is 0.462. The molecule has 0 aliphatic heterocycles. The molecule has 0 atom stereocenters. The zero-order valence-electron chi connectivity index (χ0n) is 10.0. The summed E-state index contributed by atoms with van der Waals surface area (Å²) in [4.78, 5) is 12.0. The minimum absolute atomic E-state index is 0.164. The van der Waals surface area contributed by atoms with Crippen molar-refractivity contribution in [3.63, 3.8) is 0 Å². The van der Waals surface area contributed by atoms with E-state index in [0.29, 0.717) is 12.8 Å². The zero-order chi connectivity index (χ0) is 12.3. The second kappa shape index (κ2) is 5.11. The molecule has 0 aliphatic rings. The predicted octanol–water partition coefficient (Wildman–Crippen LogP) is 3.46. The lowest BCUT2D eigenvalue weighted by Crippen LogP contribution is -2.32. The number of carbonyl (C=O) groups is 1. The SMILES string of the molecule is Cc1ccc(Br)cc1C(=O)CCC(C)(C)N. The smallest absolute Gasteiger partial charge is 0.163 e. The first-order valence-corrected chi connectivity index (χ1v) is 6.17. The summed E-state index contributed by atoms with van der Waals surface area (Å²) in [7, 11) is 0. The number of ketones is 1. The summed E-state index contributed by atoms with van der Waals surface area (Å²) in [6.45, 7) is 5.83. The van der Waals surface area contributed by atoms with Crippen molar-refractivity contribution in [1.82, 2.24) is 0 Å². The van der Waals surface area contributed by atoms with Gasteiger partial charge in [0.15, 0.2) is 5.78 Å². The standard InChI is InChI=1S/C13H18BrNO/c1-9-4-5-10(14)8-11(9)12(16)6-7-13(2,3)15/h4-5,8H,6-7,15H2,1-3H3. The molecule has 16 heavy (non-hydrogen) atoms. The Balaban J connectivity index is 2.77. The molecule has 0 saturated carbocycles. The highest BCUT2D eigenvalue weighted by molar-refractivity contribution is 9.10. The van der Waals surface area contributed by atoms with E-state index in [0.717, 1.165) is 15.6 Å². The Morgan fingerprint density at radius 3 is 2.62 bits per heavy atom. The number of halogens is 1. The van der Waals surface area contributed by atoms with Gasteiger partial charge in [-0.25, -0.2) is 0 Å². The van der Waals surface area contributed by atoms with E-state index < -0.39 is 0 Å². The molecule has 0 heterocycles. The number of rotatable bonds is 4. The molecule has 0 amide bonds. The molecular weight excluding hydrogens is 266 g/mol. The Hall–Kier alpha value is -0.670. The average Bonchev–Trinajstić information content (AvgIpc) is 2.17. The van der Waals surface area contributed by atoms with Crippen LogP contribution in [0.15, 0.2) is 22.7 Å².